The van der Waals surface area contributed by atoms with Crippen LogP contribution >= 0.6 is 15.9 Å². The molecule has 0 aliphatic carbocycles. The van der Waals surface area contributed by atoms with E-state index in [9.17, 15) is 4.79 Å². The number of carbonyl (C=O) groups is 1. The van der Waals surface area contributed by atoms with Gasteiger partial charge in [-0.2, -0.15) is 0 Å². The van der Waals surface area contributed by atoms with E-state index < -0.39 is 6.10 Å². The fraction of sp³-hybridized carbons (Fsp3) is 0.625. The normalized spacial score (nSPS) is 13.2. The minimum atomic E-state index is -0.478. The molecule has 0 rings (SSSR count). The smallest absolute Gasteiger partial charge is 0.305 e. The number of aliphatic hydroxyl groups is 1. The van der Waals surface area contributed by atoms with E-state index in [0.29, 0.717) is 19.3 Å². The maximum atomic E-state index is 10.6. The second-order valence-corrected chi connectivity index (χ2v) is 2.88. The van der Waals surface area contributed by atoms with Gasteiger partial charge in [0.05, 0.1) is 13.2 Å². The lowest BCUT2D eigenvalue weighted by atomic mass is 10.1. The number of ether oxygens (including phenoxy) is 1. The summed E-state index contributed by atoms with van der Waals surface area (Å²) in [7, 11) is 1.36. The van der Waals surface area contributed by atoms with E-state index >= 15 is 0 Å². The van der Waals surface area contributed by atoms with Gasteiger partial charge in [-0.15, -0.1) is 0 Å². The zero-order valence-electron chi connectivity index (χ0n) is 7.00. The van der Waals surface area contributed by atoms with Crippen LogP contribution in [0, 0.1) is 0 Å². The van der Waals surface area contributed by atoms with E-state index in [1.165, 1.54) is 7.11 Å². The summed E-state index contributed by atoms with van der Waals surface area (Å²) in [6.07, 6.45) is 2.73. The zero-order chi connectivity index (χ0) is 9.40. The number of esters is 1. The number of halogens is 1. The van der Waals surface area contributed by atoms with Crippen LogP contribution in [0.2, 0.25) is 0 Å². The van der Waals surface area contributed by atoms with Gasteiger partial charge in [-0.1, -0.05) is 15.9 Å². The van der Waals surface area contributed by atoms with Crippen LogP contribution in [0.4, 0.5) is 0 Å². The summed E-state index contributed by atoms with van der Waals surface area (Å²) in [5.41, 5.74) is 0. The van der Waals surface area contributed by atoms with Crippen LogP contribution in [0.3, 0.4) is 0 Å². The van der Waals surface area contributed by atoms with Crippen molar-refractivity contribution in [3.05, 3.63) is 11.1 Å². The van der Waals surface area contributed by atoms with Gasteiger partial charge in [-0.25, -0.2) is 0 Å². The van der Waals surface area contributed by atoms with Crippen LogP contribution in [0.25, 0.3) is 0 Å². The number of hydrogen-bond acceptors (Lipinski definition) is 3. The molecule has 0 fully saturated rings. The fourth-order valence-electron chi connectivity index (χ4n) is 0.738. The number of methoxy groups -OCH3 is 1. The Morgan fingerprint density at radius 3 is 2.92 bits per heavy atom. The number of rotatable bonds is 5. The Hall–Kier alpha value is -0.350. The van der Waals surface area contributed by atoms with Crippen LogP contribution in [0.5, 0.6) is 0 Å². The van der Waals surface area contributed by atoms with Gasteiger partial charge in [0, 0.05) is 6.42 Å². The summed E-state index contributed by atoms with van der Waals surface area (Å²) in [4.78, 5) is 12.2. The van der Waals surface area contributed by atoms with Gasteiger partial charge in [-0.05, 0) is 23.9 Å². The largest absolute Gasteiger partial charge is 0.469 e. The van der Waals surface area contributed by atoms with Gasteiger partial charge < -0.3 is 9.84 Å². The Labute approximate surface area is 80.5 Å². The van der Waals surface area contributed by atoms with Crippen LogP contribution in [0.1, 0.15) is 19.3 Å². The molecule has 0 aliphatic heterocycles. The molecule has 3 nitrogen and oxygen atoms in total. The molecule has 4 heteroatoms. The Balaban J connectivity index is 3.36. The Morgan fingerprint density at radius 2 is 2.42 bits per heavy atom. The van der Waals surface area contributed by atoms with Gasteiger partial charge in [0.2, 0.25) is 0 Å². The lowest BCUT2D eigenvalue weighted by molar-refractivity contribution is -0.140. The van der Waals surface area contributed by atoms with Crippen LogP contribution in [-0.4, -0.2) is 24.3 Å². The second-order valence-electron chi connectivity index (χ2n) is 2.35. The average Bonchev–Trinajstić information content (AvgIpc) is 2.04. The molecule has 0 bridgehead atoms. The first-order valence-electron chi connectivity index (χ1n) is 3.72. The molecule has 1 N–H and O–H groups in total. The molecule has 0 amide bonds. The first kappa shape index (κ1) is 11.6. The summed E-state index contributed by atoms with van der Waals surface area (Å²) >= 11 is 3.05. The van der Waals surface area contributed by atoms with Crippen LogP contribution in [-0.2, 0) is 9.53 Å². The van der Waals surface area contributed by atoms with Gasteiger partial charge >= 0.3 is 5.97 Å². The fourth-order valence-corrected chi connectivity index (χ4v) is 1.09. The maximum absolute atomic E-state index is 10.6. The number of hydrogen-bond donors (Lipinski definition) is 1. The van der Waals surface area contributed by atoms with E-state index in [-0.39, 0.29) is 5.97 Å². The van der Waals surface area contributed by atoms with Gasteiger partial charge in [0.25, 0.3) is 0 Å². The van der Waals surface area contributed by atoms with Crippen LogP contribution in [0.15, 0.2) is 11.1 Å². The topological polar surface area (TPSA) is 46.5 Å². The first-order valence-corrected chi connectivity index (χ1v) is 4.64. The Kier molecular flexibility index (Phi) is 7.09. The summed E-state index contributed by atoms with van der Waals surface area (Å²) in [6.45, 7) is 0. The van der Waals surface area contributed by atoms with E-state index in [1.807, 2.05) is 0 Å². The highest BCUT2D eigenvalue weighted by atomic mass is 79.9. The summed E-state index contributed by atoms with van der Waals surface area (Å²) < 4.78 is 4.44. The van der Waals surface area contributed by atoms with Crippen molar-refractivity contribution in [3.8, 4) is 0 Å². The van der Waals surface area contributed by atoms with Gasteiger partial charge in [0.1, 0.15) is 0 Å². The standard InChI is InChI=1S/C8H13BrO3/c1-12-8(11)4-2-3-7(10)5-6-9/h5-7,10H,2-4H2,1H3/b6-5+/t7-/m0/s1. The van der Waals surface area contributed by atoms with Gasteiger partial charge in [0.15, 0.2) is 0 Å². The van der Waals surface area contributed by atoms with Crippen molar-refractivity contribution < 1.29 is 14.6 Å². The number of carbonyl (C=O) groups excluding carboxylic acids is 1. The Morgan fingerprint density at radius 1 is 1.75 bits per heavy atom. The van der Waals surface area contributed by atoms with Crippen molar-refractivity contribution in [3.63, 3.8) is 0 Å². The quantitative estimate of drug-likeness (QED) is 0.738. The van der Waals surface area contributed by atoms with E-state index in [2.05, 4.69) is 20.7 Å². The second kappa shape index (κ2) is 7.31. The highest BCUT2D eigenvalue weighted by Crippen LogP contribution is 2.03. The van der Waals surface area contributed by atoms with E-state index in [4.69, 9.17) is 5.11 Å². The van der Waals surface area contributed by atoms with Crippen molar-refractivity contribution in [2.24, 2.45) is 0 Å². The SMILES string of the molecule is COC(=O)CCC[C@H](O)/C=C/Br. The molecule has 0 radical (unpaired) electrons. The highest BCUT2D eigenvalue weighted by molar-refractivity contribution is 9.11. The molecule has 0 spiro atoms. The molecule has 0 aromatic rings. The molecular weight excluding hydrogens is 224 g/mol. The van der Waals surface area contributed by atoms with E-state index in [1.54, 1.807) is 11.1 Å². The first-order chi connectivity index (χ1) is 5.70. The molecule has 0 aromatic heterocycles. The molecule has 70 valence electrons. The molecule has 0 saturated carbocycles. The summed E-state index contributed by atoms with van der Waals surface area (Å²) in [6, 6.07) is 0. The third-order valence-corrected chi connectivity index (χ3v) is 1.71. The lowest BCUT2D eigenvalue weighted by Gasteiger charge is -2.03. The van der Waals surface area contributed by atoms with Crippen molar-refractivity contribution >= 4 is 21.9 Å². The minimum Gasteiger partial charge on any atom is -0.469 e. The maximum Gasteiger partial charge on any atom is 0.305 e. The monoisotopic (exact) mass is 236 g/mol. The molecule has 1 atom stereocenters. The predicted molar refractivity (Wildman–Crippen MR) is 49.9 cm³/mol. The average molecular weight is 237 g/mol. The molecule has 0 aromatic carbocycles. The summed E-state index contributed by atoms with van der Waals surface area (Å²) in [5, 5.41) is 9.17. The molecule has 0 saturated heterocycles. The van der Waals surface area contributed by atoms with Crippen molar-refractivity contribution in [2.75, 3.05) is 7.11 Å². The molecule has 0 aliphatic rings. The van der Waals surface area contributed by atoms with E-state index in [0.717, 1.165) is 0 Å². The molecular formula is C8H13BrO3. The van der Waals surface area contributed by atoms with Gasteiger partial charge in [-0.3, -0.25) is 4.79 Å². The Bertz CT molecular complexity index is 156. The lowest BCUT2D eigenvalue weighted by Crippen LogP contribution is -2.05. The van der Waals surface area contributed by atoms with Crippen LogP contribution < -0.4 is 0 Å². The summed E-state index contributed by atoms with van der Waals surface area (Å²) in [5.74, 6) is -0.231. The molecule has 0 heterocycles. The molecule has 0 unspecified atom stereocenters. The number of aliphatic hydroxyl groups excluding tert-OH is 1. The third-order valence-electron chi connectivity index (χ3n) is 1.40. The highest BCUT2D eigenvalue weighted by Gasteiger charge is 2.02. The third kappa shape index (κ3) is 6.37. The zero-order valence-corrected chi connectivity index (χ0v) is 8.58. The minimum absolute atomic E-state index is 0.231. The molecule has 12 heavy (non-hydrogen) atoms. The van der Waals surface area contributed by atoms with Crippen molar-refractivity contribution in [2.45, 2.75) is 25.4 Å². The van der Waals surface area contributed by atoms with Crippen molar-refractivity contribution in [1.29, 1.82) is 0 Å². The predicted octanol–water partition coefficient (Wildman–Crippen LogP) is 1.60. The van der Waals surface area contributed by atoms with Crippen molar-refractivity contribution in [1.82, 2.24) is 0 Å².